The minimum atomic E-state index is 0. The van der Waals surface area contributed by atoms with Gasteiger partial charge in [-0.15, -0.1) is 0 Å². The largest absolute Gasteiger partial charge is 0.291 e. The van der Waals surface area contributed by atoms with Crippen molar-refractivity contribution in [3.05, 3.63) is 77.9 Å². The van der Waals surface area contributed by atoms with E-state index in [9.17, 15) is 0 Å². The number of rotatable bonds is 0. The summed E-state index contributed by atoms with van der Waals surface area (Å²) in [6.07, 6.45) is 11.0. The quantitative estimate of drug-likeness (QED) is 0.251. The van der Waals surface area contributed by atoms with Crippen molar-refractivity contribution >= 4 is 45.7 Å². The van der Waals surface area contributed by atoms with Gasteiger partial charge in [-0.05, 0) is 187 Å². The van der Waals surface area contributed by atoms with Gasteiger partial charge in [0.2, 0.25) is 0 Å². The van der Waals surface area contributed by atoms with Crippen molar-refractivity contribution in [2.75, 3.05) is 56.4 Å². The first-order valence-corrected chi connectivity index (χ1v) is 25.2. The van der Waals surface area contributed by atoms with E-state index in [4.69, 9.17) is 0 Å². The van der Waals surface area contributed by atoms with Crippen LogP contribution in [0.3, 0.4) is 0 Å². The average Bonchev–Trinajstić information content (AvgIpc) is 3.38. The first-order chi connectivity index (χ1) is 31.6. The van der Waals surface area contributed by atoms with Crippen LogP contribution in [0.2, 0.25) is 0 Å². The van der Waals surface area contributed by atoms with Crippen LogP contribution in [0.1, 0.15) is 188 Å². The van der Waals surface area contributed by atoms with Gasteiger partial charge in [0, 0.05) is 74.8 Å². The molecule has 0 unspecified atom stereocenters. The Kier molecular flexibility index (Phi) is 35.6. The summed E-state index contributed by atoms with van der Waals surface area (Å²) in [5.74, 6) is 0. The lowest BCUT2D eigenvalue weighted by Crippen LogP contribution is -2.28. The second-order valence-corrected chi connectivity index (χ2v) is 15.9. The molecular weight excluding hydrogens is 821 g/mol. The van der Waals surface area contributed by atoms with Crippen molar-refractivity contribution < 1.29 is 0 Å². The molecule has 8 nitrogen and oxygen atoms in total. The topological polar surface area (TPSA) is 98.9 Å². The van der Waals surface area contributed by atoms with E-state index in [1.54, 1.807) is 0 Å². The van der Waals surface area contributed by atoms with Crippen LogP contribution in [0.5, 0.6) is 0 Å². The molecule has 0 saturated heterocycles. The van der Waals surface area contributed by atoms with Crippen molar-refractivity contribution in [3.63, 3.8) is 0 Å². The number of hydrogen-bond donors (Lipinski definition) is 0. The average molecular weight is 924 g/mol. The molecule has 1 fully saturated rings. The standard InChI is InChI=1S/2C16H22N2.C10H16N2.C8H14N2.4C2H6.CH4/c1-9-10(2)12(4)14-8-16(18-6)15(17-5)7-13(14)11(9)3;1-9-10(2)12(4)15-13(11(9)3)7-8-14(17-5)16(15)18-6;1-7-5-6-9(11-3)10(12-4)8(7)2;1-9-7-5-3-4-6-8(7)10-2;4*1-2;/h2*7-8H2,1-6H3;5-6H2,1-4H3;3-6H2,1-2H3;4*1-2H3;1H4. The fraction of sp³-hybridized carbons (Fsp3) is 0.627. The van der Waals surface area contributed by atoms with E-state index in [0.29, 0.717) is 0 Å². The molecule has 0 amide bonds. The van der Waals surface area contributed by atoms with Crippen molar-refractivity contribution in [3.8, 4) is 0 Å². The van der Waals surface area contributed by atoms with Gasteiger partial charge in [-0.2, -0.15) is 0 Å². The molecule has 0 aromatic heterocycles. The Labute approximate surface area is 414 Å². The Hall–Kier alpha value is -4.46. The van der Waals surface area contributed by atoms with Gasteiger partial charge in [0.05, 0.1) is 45.7 Å². The summed E-state index contributed by atoms with van der Waals surface area (Å²) in [6.45, 7) is 38.1. The molecule has 378 valence electrons. The highest BCUT2D eigenvalue weighted by Gasteiger charge is 2.27. The molecular formula is C59H102N8. The minimum Gasteiger partial charge on any atom is -0.291 e. The fourth-order valence-electron chi connectivity index (χ4n) is 8.79. The molecule has 67 heavy (non-hydrogen) atoms. The zero-order valence-electron chi connectivity index (χ0n) is 47.6. The van der Waals surface area contributed by atoms with Crippen molar-refractivity contribution in [2.45, 2.75) is 196 Å². The lowest BCUT2D eigenvalue weighted by Gasteiger charge is -2.26. The molecule has 0 atom stereocenters. The Balaban J connectivity index is -0.000000788. The van der Waals surface area contributed by atoms with Crippen LogP contribution in [-0.4, -0.2) is 102 Å². The number of nitrogens with zero attached hydrogens (tertiary/aromatic N) is 8. The predicted molar refractivity (Wildman–Crippen MR) is 311 cm³/mol. The lowest BCUT2D eigenvalue weighted by molar-refractivity contribution is 0.775. The second kappa shape index (κ2) is 35.7. The highest BCUT2D eigenvalue weighted by Crippen LogP contribution is 2.33. The maximum Gasteiger partial charge on any atom is 0.0859 e. The number of fused-ring (bicyclic) bond motifs is 2. The smallest absolute Gasteiger partial charge is 0.0859 e. The summed E-state index contributed by atoms with van der Waals surface area (Å²) < 4.78 is 0. The number of hydrogen-bond acceptors (Lipinski definition) is 8. The third-order valence-electron chi connectivity index (χ3n) is 13.4. The Morgan fingerprint density at radius 3 is 0.940 bits per heavy atom. The highest BCUT2D eigenvalue weighted by molar-refractivity contribution is 6.50. The number of allylic oxidation sites excluding steroid dienone is 2. The monoisotopic (exact) mass is 923 g/mol. The SMILES string of the molecule is C.CC.CC.CC.CC.CN=C1CCC(C)=C(C)C1=NC.CN=C1CCCCC1=NC.CN=C1CCc2c(C)c(C)c(C)c(C)c2C1=NC.CN=C1Cc2c(C)c(C)c(C)c(C)c2CC1=NC. The van der Waals surface area contributed by atoms with E-state index in [1.807, 2.05) is 112 Å². The van der Waals surface area contributed by atoms with Crippen molar-refractivity contribution in [1.82, 2.24) is 0 Å². The van der Waals surface area contributed by atoms with Crippen LogP contribution < -0.4 is 0 Å². The Morgan fingerprint density at radius 2 is 0.597 bits per heavy atom. The number of aliphatic imine (C=N–C) groups is 8. The van der Waals surface area contributed by atoms with Gasteiger partial charge < -0.3 is 0 Å². The Morgan fingerprint density at radius 1 is 0.284 bits per heavy atom. The summed E-state index contributed by atoms with van der Waals surface area (Å²) in [7, 11) is 14.9. The van der Waals surface area contributed by atoms with Gasteiger partial charge in [0.15, 0.2) is 0 Å². The summed E-state index contributed by atoms with van der Waals surface area (Å²) in [6, 6.07) is 0. The molecule has 0 heterocycles. The predicted octanol–water partition coefficient (Wildman–Crippen LogP) is 15.2. The summed E-state index contributed by atoms with van der Waals surface area (Å²) >= 11 is 0. The molecule has 4 aliphatic carbocycles. The van der Waals surface area contributed by atoms with E-state index in [2.05, 4.69) is 109 Å². The van der Waals surface area contributed by atoms with Gasteiger partial charge in [-0.25, -0.2) is 0 Å². The summed E-state index contributed by atoms with van der Waals surface area (Å²) in [5, 5.41) is 0. The minimum absolute atomic E-state index is 0. The van der Waals surface area contributed by atoms with E-state index >= 15 is 0 Å². The molecule has 2 aromatic carbocycles. The normalized spacial score (nSPS) is 19.6. The first kappa shape index (κ1) is 66.8. The van der Waals surface area contributed by atoms with Gasteiger partial charge in [0.25, 0.3) is 0 Å². The van der Waals surface area contributed by atoms with Gasteiger partial charge in [0.1, 0.15) is 0 Å². The van der Waals surface area contributed by atoms with Gasteiger partial charge in [-0.1, -0.05) is 68.4 Å². The number of benzene rings is 2. The highest BCUT2D eigenvalue weighted by atomic mass is 14.8. The summed E-state index contributed by atoms with van der Waals surface area (Å²) in [4.78, 5) is 34.6. The molecule has 6 rings (SSSR count). The van der Waals surface area contributed by atoms with Crippen LogP contribution in [0.4, 0.5) is 0 Å². The van der Waals surface area contributed by atoms with Crippen LogP contribution >= 0.6 is 0 Å². The fourth-order valence-corrected chi connectivity index (χ4v) is 8.79. The molecule has 4 aliphatic rings. The van der Waals surface area contributed by atoms with Crippen LogP contribution in [0, 0.1) is 55.4 Å². The molecule has 0 spiro atoms. The van der Waals surface area contributed by atoms with E-state index in [-0.39, 0.29) is 7.43 Å². The zero-order chi connectivity index (χ0) is 51.4. The Bertz CT molecular complexity index is 2070. The van der Waals surface area contributed by atoms with Gasteiger partial charge in [-0.3, -0.25) is 39.9 Å². The molecule has 0 radical (unpaired) electrons. The van der Waals surface area contributed by atoms with E-state index in [1.165, 1.54) is 102 Å². The lowest BCUT2D eigenvalue weighted by atomic mass is 9.79. The molecule has 2 aromatic rings. The molecule has 8 heteroatoms. The second-order valence-electron chi connectivity index (χ2n) is 15.9. The first-order valence-electron chi connectivity index (χ1n) is 25.2. The molecule has 1 saturated carbocycles. The van der Waals surface area contributed by atoms with Crippen molar-refractivity contribution in [1.29, 1.82) is 0 Å². The molecule has 0 aliphatic heterocycles. The molecule has 0 bridgehead atoms. The van der Waals surface area contributed by atoms with E-state index in [0.717, 1.165) is 85.6 Å². The maximum absolute atomic E-state index is 4.50. The van der Waals surface area contributed by atoms with Crippen LogP contribution in [-0.2, 0) is 19.3 Å². The van der Waals surface area contributed by atoms with Gasteiger partial charge >= 0.3 is 0 Å². The molecule has 0 N–H and O–H groups in total. The van der Waals surface area contributed by atoms with Crippen LogP contribution in [0.25, 0.3) is 0 Å². The van der Waals surface area contributed by atoms with Crippen molar-refractivity contribution in [2.24, 2.45) is 39.9 Å². The third-order valence-corrected chi connectivity index (χ3v) is 13.4. The summed E-state index contributed by atoms with van der Waals surface area (Å²) in [5.41, 5.74) is 29.1. The maximum atomic E-state index is 4.50. The van der Waals surface area contributed by atoms with E-state index < -0.39 is 0 Å². The zero-order valence-corrected chi connectivity index (χ0v) is 47.6. The third kappa shape index (κ3) is 17.2. The van der Waals surface area contributed by atoms with Crippen LogP contribution in [0.15, 0.2) is 51.1 Å².